The minimum atomic E-state index is -4.55. The molecule has 0 bridgehead atoms. The smallest absolute Gasteiger partial charge is 0.279 e. The van der Waals surface area contributed by atoms with Crippen molar-refractivity contribution in [2.24, 2.45) is 0 Å². The van der Waals surface area contributed by atoms with E-state index in [4.69, 9.17) is 11.6 Å². The van der Waals surface area contributed by atoms with Crippen LogP contribution in [0.3, 0.4) is 0 Å². The van der Waals surface area contributed by atoms with Gasteiger partial charge in [0.15, 0.2) is 0 Å². The molecule has 0 spiro atoms. The molecule has 1 aliphatic rings. The Morgan fingerprint density at radius 1 is 0.935 bits per heavy atom. The lowest BCUT2D eigenvalue weighted by Gasteiger charge is -2.24. The second-order valence-electron chi connectivity index (χ2n) is 7.02. The Balaban J connectivity index is 1.76. The number of anilines is 1. The lowest BCUT2D eigenvalue weighted by atomic mass is 9.99. The third-order valence-electron chi connectivity index (χ3n) is 5.14. The number of para-hydroxylation sites is 1. The number of hydrogen-bond donors (Lipinski definition) is 0. The summed E-state index contributed by atoms with van der Waals surface area (Å²) in [5, 5.41) is -0.810. The number of hydrogen-bond acceptors (Lipinski definition) is 3. The number of rotatable bonds is 4. The molecular formula is C22H15ClF3NO3S. The number of nitrogens with zero attached hydrogens (tertiary/aromatic N) is 1. The quantitative estimate of drug-likeness (QED) is 0.494. The highest BCUT2D eigenvalue weighted by molar-refractivity contribution is 7.93. The lowest BCUT2D eigenvalue weighted by molar-refractivity contribution is -0.137. The van der Waals surface area contributed by atoms with Gasteiger partial charge in [0.1, 0.15) is 6.04 Å². The molecule has 0 amide bonds. The molecule has 0 aliphatic carbocycles. The Kier molecular flexibility index (Phi) is 5.31. The monoisotopic (exact) mass is 465 g/mol. The van der Waals surface area contributed by atoms with Gasteiger partial charge in [0.25, 0.3) is 10.0 Å². The molecule has 4 nitrogen and oxygen atoms in total. The van der Waals surface area contributed by atoms with Crippen molar-refractivity contribution in [3.05, 3.63) is 83.9 Å². The number of sulfonamides is 1. The van der Waals surface area contributed by atoms with Gasteiger partial charge in [-0.2, -0.15) is 13.2 Å². The van der Waals surface area contributed by atoms with Crippen molar-refractivity contribution >= 4 is 32.6 Å². The maximum absolute atomic E-state index is 13.3. The van der Waals surface area contributed by atoms with Crippen molar-refractivity contribution < 1.29 is 26.4 Å². The Hall–Kier alpha value is -2.84. The molecule has 31 heavy (non-hydrogen) atoms. The molecule has 3 aromatic rings. The van der Waals surface area contributed by atoms with E-state index in [1.54, 1.807) is 24.3 Å². The molecule has 1 heterocycles. The van der Waals surface area contributed by atoms with Gasteiger partial charge in [0.05, 0.1) is 16.1 Å². The standard InChI is InChI=1S/C22H15ClF3NO3S/c23-21(28)20-13-15-5-1-4-8-19(15)27(20)31(29,30)16-11-9-14(10-12-16)17-6-2-3-7-18(17)22(24,25)26/h1-12,20H,13H2/t20-/m0/s1. The Labute approximate surface area is 181 Å². The highest BCUT2D eigenvalue weighted by Gasteiger charge is 2.41. The molecule has 0 fully saturated rings. The van der Waals surface area contributed by atoms with Crippen molar-refractivity contribution in [3.63, 3.8) is 0 Å². The summed E-state index contributed by atoms with van der Waals surface area (Å²) < 4.78 is 67.6. The second-order valence-corrected chi connectivity index (χ2v) is 9.21. The molecule has 0 saturated heterocycles. The van der Waals surface area contributed by atoms with Crippen LogP contribution < -0.4 is 4.31 Å². The first kappa shape index (κ1) is 21.4. The molecule has 0 unspecified atom stereocenters. The third kappa shape index (κ3) is 3.81. The van der Waals surface area contributed by atoms with Crippen LogP contribution in [-0.4, -0.2) is 19.7 Å². The summed E-state index contributed by atoms with van der Waals surface area (Å²) in [6, 6.07) is 15.8. The van der Waals surface area contributed by atoms with Gasteiger partial charge in [-0.15, -0.1) is 0 Å². The largest absolute Gasteiger partial charge is 0.417 e. The molecular weight excluding hydrogens is 451 g/mol. The molecule has 9 heteroatoms. The van der Waals surface area contributed by atoms with E-state index in [-0.39, 0.29) is 22.4 Å². The van der Waals surface area contributed by atoms with E-state index in [9.17, 15) is 26.4 Å². The van der Waals surface area contributed by atoms with Crippen LogP contribution in [0.4, 0.5) is 18.9 Å². The summed E-state index contributed by atoms with van der Waals surface area (Å²) in [6.07, 6.45) is -4.40. The van der Waals surface area contributed by atoms with Gasteiger partial charge in [-0.3, -0.25) is 9.10 Å². The zero-order valence-corrected chi connectivity index (χ0v) is 17.4. The van der Waals surface area contributed by atoms with Crippen molar-refractivity contribution in [1.82, 2.24) is 0 Å². The summed E-state index contributed by atoms with van der Waals surface area (Å²) in [5.41, 5.74) is 0.374. The van der Waals surface area contributed by atoms with E-state index in [1.165, 1.54) is 42.5 Å². The molecule has 0 aromatic heterocycles. The summed E-state index contributed by atoms with van der Waals surface area (Å²) in [4.78, 5) is 11.8. The number of fused-ring (bicyclic) bond motifs is 1. The van der Waals surface area contributed by atoms with Crippen LogP contribution in [0.1, 0.15) is 11.1 Å². The predicted molar refractivity (Wildman–Crippen MR) is 111 cm³/mol. The third-order valence-corrected chi connectivity index (χ3v) is 7.23. The van der Waals surface area contributed by atoms with Gasteiger partial charge >= 0.3 is 6.18 Å². The maximum Gasteiger partial charge on any atom is 0.417 e. The fourth-order valence-corrected chi connectivity index (χ4v) is 5.61. The Morgan fingerprint density at radius 2 is 1.55 bits per heavy atom. The number of carbonyl (C=O) groups excluding carboxylic acids is 1. The number of halogens is 4. The van der Waals surface area contributed by atoms with Crippen LogP contribution in [-0.2, 0) is 27.4 Å². The summed E-state index contributed by atoms with van der Waals surface area (Å²) in [7, 11) is -4.18. The predicted octanol–water partition coefficient (Wildman–Crippen LogP) is 5.26. The van der Waals surface area contributed by atoms with Crippen LogP contribution in [0.5, 0.6) is 0 Å². The van der Waals surface area contributed by atoms with Gasteiger partial charge in [0, 0.05) is 6.42 Å². The van der Waals surface area contributed by atoms with Gasteiger partial charge < -0.3 is 0 Å². The first-order chi connectivity index (χ1) is 14.6. The number of alkyl halides is 3. The number of carbonyl (C=O) groups is 1. The second kappa shape index (κ2) is 7.69. The normalized spacial score (nSPS) is 16.3. The molecule has 0 radical (unpaired) electrons. The summed E-state index contributed by atoms with van der Waals surface area (Å²) in [5.74, 6) is 0. The SMILES string of the molecule is O=C(Cl)[C@@H]1Cc2ccccc2N1S(=O)(=O)c1ccc(-c2ccccc2C(F)(F)F)cc1. The summed E-state index contributed by atoms with van der Waals surface area (Å²) in [6.45, 7) is 0. The molecule has 160 valence electrons. The van der Waals surface area contributed by atoms with E-state index >= 15 is 0 Å². The van der Waals surface area contributed by atoms with Crippen LogP contribution in [0.2, 0.25) is 0 Å². The van der Waals surface area contributed by atoms with E-state index in [2.05, 4.69) is 0 Å². The molecule has 3 aromatic carbocycles. The Bertz CT molecular complexity index is 1260. The molecule has 1 atom stereocenters. The fraction of sp³-hybridized carbons (Fsp3) is 0.136. The average molecular weight is 466 g/mol. The zero-order valence-electron chi connectivity index (χ0n) is 15.8. The van der Waals surface area contributed by atoms with Gasteiger partial charge in [-0.1, -0.05) is 48.5 Å². The van der Waals surface area contributed by atoms with Gasteiger partial charge in [0.2, 0.25) is 5.24 Å². The highest BCUT2D eigenvalue weighted by Crippen LogP contribution is 2.39. The zero-order chi connectivity index (χ0) is 22.4. The van der Waals surface area contributed by atoms with Crippen LogP contribution in [0.15, 0.2) is 77.7 Å². The van der Waals surface area contributed by atoms with Crippen LogP contribution in [0.25, 0.3) is 11.1 Å². The first-order valence-corrected chi connectivity index (χ1v) is 11.0. The average Bonchev–Trinajstić information content (AvgIpc) is 3.14. The minimum Gasteiger partial charge on any atom is -0.279 e. The van der Waals surface area contributed by atoms with Gasteiger partial charge in [-0.25, -0.2) is 8.42 Å². The minimum absolute atomic E-state index is 0.0562. The molecule has 4 rings (SSSR count). The van der Waals surface area contributed by atoms with E-state index in [1.807, 2.05) is 0 Å². The molecule has 0 N–H and O–H groups in total. The van der Waals surface area contributed by atoms with Crippen LogP contribution in [0, 0.1) is 0 Å². The fourth-order valence-electron chi connectivity index (χ4n) is 3.73. The van der Waals surface area contributed by atoms with Gasteiger partial charge in [-0.05, 0) is 52.6 Å². The molecule has 0 saturated carbocycles. The van der Waals surface area contributed by atoms with Crippen molar-refractivity contribution in [3.8, 4) is 11.1 Å². The van der Waals surface area contributed by atoms with E-state index < -0.39 is 33.0 Å². The highest BCUT2D eigenvalue weighted by atomic mass is 35.5. The van der Waals surface area contributed by atoms with Crippen molar-refractivity contribution in [2.45, 2.75) is 23.5 Å². The van der Waals surface area contributed by atoms with E-state index in [0.717, 1.165) is 10.4 Å². The molecule has 1 aliphatic heterocycles. The maximum atomic E-state index is 13.3. The summed E-state index contributed by atoms with van der Waals surface area (Å²) >= 11 is 5.68. The first-order valence-electron chi connectivity index (χ1n) is 9.19. The topological polar surface area (TPSA) is 54.5 Å². The number of benzene rings is 3. The van der Waals surface area contributed by atoms with Crippen molar-refractivity contribution in [2.75, 3.05) is 4.31 Å². The van der Waals surface area contributed by atoms with Crippen LogP contribution >= 0.6 is 11.6 Å². The lowest BCUT2D eigenvalue weighted by Crippen LogP contribution is -2.41. The Morgan fingerprint density at radius 3 is 2.19 bits per heavy atom. The van der Waals surface area contributed by atoms with E-state index in [0.29, 0.717) is 11.3 Å². The van der Waals surface area contributed by atoms with Crippen molar-refractivity contribution in [1.29, 1.82) is 0 Å².